The van der Waals surface area contributed by atoms with Crippen LogP contribution in [0.15, 0.2) is 42.5 Å². The van der Waals surface area contributed by atoms with Crippen molar-refractivity contribution in [3.63, 3.8) is 0 Å². The smallest absolute Gasteiger partial charge is 0.126 e. The van der Waals surface area contributed by atoms with Crippen molar-refractivity contribution < 1.29 is 4.39 Å². The number of anilines is 1. The average Bonchev–Trinajstić information content (AvgIpc) is 2.83. The molecule has 2 aromatic rings. The van der Waals surface area contributed by atoms with Crippen LogP contribution in [0.1, 0.15) is 49.9 Å². The van der Waals surface area contributed by atoms with Crippen LogP contribution in [-0.4, -0.2) is 0 Å². The molecule has 1 N–H and O–H groups in total. The van der Waals surface area contributed by atoms with E-state index in [1.165, 1.54) is 5.56 Å². The molecule has 0 spiro atoms. The monoisotopic (exact) mass is 283 g/mol. The first kappa shape index (κ1) is 14.1. The summed E-state index contributed by atoms with van der Waals surface area (Å²) in [5.74, 6) is -0.0696. The molecule has 1 unspecified atom stereocenters. The van der Waals surface area contributed by atoms with Gasteiger partial charge in [0.05, 0.1) is 6.04 Å². The predicted octanol–water partition coefficient (Wildman–Crippen LogP) is 5.22. The molecule has 0 aliphatic heterocycles. The van der Waals surface area contributed by atoms with Gasteiger partial charge in [0.25, 0.3) is 0 Å². The summed E-state index contributed by atoms with van der Waals surface area (Å²) in [6.07, 6.45) is 1.77. The summed E-state index contributed by atoms with van der Waals surface area (Å²) in [6.45, 7) is 6.64. The fraction of sp³-hybridized carbons (Fsp3) is 0.368. The fourth-order valence-corrected chi connectivity index (χ4v) is 3.03. The Labute approximate surface area is 126 Å². The van der Waals surface area contributed by atoms with E-state index in [4.69, 9.17) is 0 Å². The molecule has 0 fully saturated rings. The molecule has 0 heterocycles. The van der Waals surface area contributed by atoms with Crippen molar-refractivity contribution in [2.75, 3.05) is 5.32 Å². The number of halogens is 1. The Bertz CT molecular complexity index is 638. The van der Waals surface area contributed by atoms with Crippen molar-refractivity contribution in [1.29, 1.82) is 0 Å². The number of hydrogen-bond donors (Lipinski definition) is 1. The predicted molar refractivity (Wildman–Crippen MR) is 86.2 cm³/mol. The van der Waals surface area contributed by atoms with Gasteiger partial charge in [-0.15, -0.1) is 0 Å². The second-order valence-electron chi connectivity index (χ2n) is 6.87. The summed E-state index contributed by atoms with van der Waals surface area (Å²) in [5.41, 5.74) is 4.58. The van der Waals surface area contributed by atoms with E-state index in [-0.39, 0.29) is 17.3 Å². The van der Waals surface area contributed by atoms with E-state index < -0.39 is 0 Å². The van der Waals surface area contributed by atoms with Gasteiger partial charge in [-0.3, -0.25) is 0 Å². The van der Waals surface area contributed by atoms with Crippen molar-refractivity contribution in [2.45, 2.75) is 45.1 Å². The highest BCUT2D eigenvalue weighted by Gasteiger charge is 2.24. The van der Waals surface area contributed by atoms with Crippen LogP contribution in [0.4, 0.5) is 10.1 Å². The molecule has 0 aromatic heterocycles. The Morgan fingerprint density at radius 3 is 2.43 bits per heavy atom. The molecule has 1 aliphatic rings. The highest BCUT2D eigenvalue weighted by molar-refractivity contribution is 5.50. The van der Waals surface area contributed by atoms with Gasteiger partial charge in [0.15, 0.2) is 0 Å². The molecule has 1 atom stereocenters. The minimum absolute atomic E-state index is 0.0696. The Morgan fingerprint density at radius 1 is 1.05 bits per heavy atom. The first-order valence-corrected chi connectivity index (χ1v) is 7.59. The zero-order valence-electron chi connectivity index (χ0n) is 12.9. The Morgan fingerprint density at radius 2 is 1.76 bits per heavy atom. The molecule has 2 aromatic carbocycles. The summed E-state index contributed by atoms with van der Waals surface area (Å²) < 4.78 is 13.8. The second kappa shape index (κ2) is 5.18. The Kier molecular flexibility index (Phi) is 3.48. The van der Waals surface area contributed by atoms with Gasteiger partial charge >= 0.3 is 0 Å². The minimum Gasteiger partial charge on any atom is -0.378 e. The van der Waals surface area contributed by atoms with E-state index in [1.807, 2.05) is 6.07 Å². The minimum atomic E-state index is -0.0696. The van der Waals surface area contributed by atoms with Gasteiger partial charge in [-0.05, 0) is 53.1 Å². The van der Waals surface area contributed by atoms with Crippen LogP contribution in [-0.2, 0) is 11.8 Å². The highest BCUT2D eigenvalue weighted by atomic mass is 19.1. The molecule has 1 nitrogen and oxygen atoms in total. The van der Waals surface area contributed by atoms with Crippen LogP contribution < -0.4 is 5.32 Å². The van der Waals surface area contributed by atoms with Crippen LogP contribution in [0.2, 0.25) is 0 Å². The van der Waals surface area contributed by atoms with Gasteiger partial charge in [-0.2, -0.15) is 0 Å². The van der Waals surface area contributed by atoms with Crippen LogP contribution in [0.25, 0.3) is 0 Å². The quantitative estimate of drug-likeness (QED) is 0.796. The zero-order valence-corrected chi connectivity index (χ0v) is 12.9. The van der Waals surface area contributed by atoms with Crippen LogP contribution in [0, 0.1) is 5.82 Å². The van der Waals surface area contributed by atoms with E-state index in [1.54, 1.807) is 12.1 Å². The molecule has 0 bridgehead atoms. The number of rotatable bonds is 2. The van der Waals surface area contributed by atoms with Gasteiger partial charge in [0, 0.05) is 5.69 Å². The van der Waals surface area contributed by atoms with Gasteiger partial charge < -0.3 is 5.32 Å². The third kappa shape index (κ3) is 2.80. The van der Waals surface area contributed by atoms with E-state index in [0.717, 1.165) is 29.7 Å². The summed E-state index contributed by atoms with van der Waals surface area (Å²) >= 11 is 0. The third-order valence-electron chi connectivity index (χ3n) is 4.31. The molecule has 0 radical (unpaired) electrons. The van der Waals surface area contributed by atoms with Gasteiger partial charge in [0.2, 0.25) is 0 Å². The molecule has 21 heavy (non-hydrogen) atoms. The third-order valence-corrected chi connectivity index (χ3v) is 4.31. The lowest BCUT2D eigenvalue weighted by molar-refractivity contribution is 0.590. The van der Waals surface area contributed by atoms with E-state index in [2.05, 4.69) is 50.4 Å². The number of hydrogen-bond acceptors (Lipinski definition) is 1. The number of nitrogens with one attached hydrogen (secondary N) is 1. The van der Waals surface area contributed by atoms with E-state index in [0.29, 0.717) is 0 Å². The maximum Gasteiger partial charge on any atom is 0.126 e. The lowest BCUT2D eigenvalue weighted by Crippen LogP contribution is -2.11. The molecular weight excluding hydrogens is 261 g/mol. The standard InChI is InChI=1S/C19H22FN/c1-19(2,3)13-7-9-14(10-8-13)21-18-12-11-15-16(18)5-4-6-17(15)20/h4-10,18,21H,11-12H2,1-3H3. The number of fused-ring (bicyclic) bond motifs is 1. The Balaban J connectivity index is 1.79. The van der Waals surface area contributed by atoms with Crippen molar-refractivity contribution >= 4 is 5.69 Å². The van der Waals surface area contributed by atoms with Crippen LogP contribution in [0.3, 0.4) is 0 Å². The maximum absolute atomic E-state index is 13.8. The SMILES string of the molecule is CC(C)(C)c1ccc(NC2CCc3c(F)cccc32)cc1. The van der Waals surface area contributed by atoms with E-state index in [9.17, 15) is 4.39 Å². The largest absolute Gasteiger partial charge is 0.378 e. The van der Waals surface area contributed by atoms with Gasteiger partial charge in [-0.1, -0.05) is 45.0 Å². The summed E-state index contributed by atoms with van der Waals surface area (Å²) in [7, 11) is 0. The van der Waals surface area contributed by atoms with Crippen molar-refractivity contribution in [1.82, 2.24) is 0 Å². The lowest BCUT2D eigenvalue weighted by atomic mass is 9.87. The summed E-state index contributed by atoms with van der Waals surface area (Å²) in [5, 5.41) is 3.54. The van der Waals surface area contributed by atoms with Crippen molar-refractivity contribution in [3.05, 3.63) is 65.0 Å². The molecule has 3 rings (SSSR count). The maximum atomic E-state index is 13.8. The molecule has 110 valence electrons. The number of benzene rings is 2. The molecular formula is C19H22FN. The van der Waals surface area contributed by atoms with Crippen molar-refractivity contribution in [2.24, 2.45) is 0 Å². The molecule has 0 saturated carbocycles. The zero-order chi connectivity index (χ0) is 15.0. The summed E-state index contributed by atoms with van der Waals surface area (Å²) in [4.78, 5) is 0. The average molecular weight is 283 g/mol. The molecule has 1 aliphatic carbocycles. The molecule has 2 heteroatoms. The topological polar surface area (TPSA) is 12.0 Å². The van der Waals surface area contributed by atoms with Crippen molar-refractivity contribution in [3.8, 4) is 0 Å². The lowest BCUT2D eigenvalue weighted by Gasteiger charge is -2.20. The molecule has 0 amide bonds. The highest BCUT2D eigenvalue weighted by Crippen LogP contribution is 2.35. The molecule has 0 saturated heterocycles. The summed E-state index contributed by atoms with van der Waals surface area (Å²) in [6, 6.07) is 14.2. The van der Waals surface area contributed by atoms with E-state index >= 15 is 0 Å². The second-order valence-corrected chi connectivity index (χ2v) is 6.87. The first-order valence-electron chi connectivity index (χ1n) is 7.59. The first-order chi connectivity index (χ1) is 9.95. The van der Waals surface area contributed by atoms with Crippen LogP contribution >= 0.6 is 0 Å². The van der Waals surface area contributed by atoms with Crippen LogP contribution in [0.5, 0.6) is 0 Å². The normalized spacial score (nSPS) is 17.6. The van der Waals surface area contributed by atoms with Gasteiger partial charge in [-0.25, -0.2) is 4.39 Å². The fourth-order valence-electron chi connectivity index (χ4n) is 3.03. The Hall–Kier alpha value is -1.83. The van der Waals surface area contributed by atoms with Gasteiger partial charge in [0.1, 0.15) is 5.82 Å².